The van der Waals surface area contributed by atoms with E-state index in [1.54, 1.807) is 34.6 Å². The summed E-state index contributed by atoms with van der Waals surface area (Å²) in [4.78, 5) is 41.5. The third kappa shape index (κ3) is 4.51. The van der Waals surface area contributed by atoms with Crippen LogP contribution in [0, 0.1) is 0 Å². The van der Waals surface area contributed by atoms with Crippen molar-refractivity contribution >= 4 is 18.2 Å². The molecule has 1 aliphatic carbocycles. The van der Waals surface area contributed by atoms with Crippen LogP contribution >= 0.6 is 0 Å². The summed E-state index contributed by atoms with van der Waals surface area (Å²) in [6.45, 7) is 8.50. The van der Waals surface area contributed by atoms with Crippen LogP contribution in [0.5, 0.6) is 0 Å². The zero-order valence-corrected chi connectivity index (χ0v) is 21.3. The molecule has 0 unspecified atom stereocenters. The number of amides is 2. The van der Waals surface area contributed by atoms with E-state index in [9.17, 15) is 19.5 Å². The molecule has 2 aromatic rings. The van der Waals surface area contributed by atoms with Gasteiger partial charge in [0.25, 0.3) is 0 Å². The van der Waals surface area contributed by atoms with E-state index in [2.05, 4.69) is 0 Å². The molecule has 4 rings (SSSR count). The average Bonchev–Trinajstić information content (AvgIpc) is 3.29. The smallest absolute Gasteiger partial charge is 0.412 e. The zero-order valence-electron chi connectivity index (χ0n) is 21.3. The Morgan fingerprint density at radius 1 is 1.06 bits per heavy atom. The molecule has 1 aliphatic heterocycles. The summed E-state index contributed by atoms with van der Waals surface area (Å²) < 4.78 is 16.7. The highest BCUT2D eigenvalue weighted by Crippen LogP contribution is 2.48. The van der Waals surface area contributed by atoms with E-state index in [1.165, 1.54) is 16.9 Å². The van der Waals surface area contributed by atoms with E-state index in [4.69, 9.17) is 14.2 Å². The lowest BCUT2D eigenvalue weighted by Crippen LogP contribution is -2.54. The number of benzene rings is 2. The van der Waals surface area contributed by atoms with Gasteiger partial charge in [-0.1, -0.05) is 48.5 Å². The molecule has 9 heteroatoms. The van der Waals surface area contributed by atoms with Gasteiger partial charge in [0.1, 0.15) is 17.4 Å². The summed E-state index contributed by atoms with van der Waals surface area (Å²) in [5.41, 5.74) is 1.51. The Morgan fingerprint density at radius 3 is 2.06 bits per heavy atom. The first-order valence-electron chi connectivity index (χ1n) is 11.8. The van der Waals surface area contributed by atoms with Gasteiger partial charge in [-0.25, -0.2) is 14.4 Å². The molecule has 36 heavy (non-hydrogen) atoms. The molecule has 2 amide bonds. The molecule has 2 aliphatic rings. The van der Waals surface area contributed by atoms with Crippen molar-refractivity contribution in [2.75, 3.05) is 13.7 Å². The standard InChI is InChI=1S/C27H32N2O7/c1-26(2,3)36-24(32)28-15-20(35-27(28,4)5)22(23(30)31)29(25(33)34-6)21-18-13-9-7-11-16(18)17-12-8-10-14-19(17)21/h7-14,20-22H,15H2,1-6H3,(H,30,31)/t20-,22-/m0/s1. The third-order valence-corrected chi connectivity index (χ3v) is 6.44. The van der Waals surface area contributed by atoms with E-state index in [1.807, 2.05) is 48.5 Å². The number of hydrogen-bond acceptors (Lipinski definition) is 6. The van der Waals surface area contributed by atoms with Crippen LogP contribution in [0.15, 0.2) is 48.5 Å². The predicted octanol–water partition coefficient (Wildman–Crippen LogP) is 4.65. The number of ether oxygens (including phenoxy) is 3. The van der Waals surface area contributed by atoms with Crippen molar-refractivity contribution in [2.45, 2.75) is 64.1 Å². The maximum Gasteiger partial charge on any atom is 0.412 e. The molecule has 1 fully saturated rings. The van der Waals surface area contributed by atoms with Gasteiger partial charge in [-0.3, -0.25) is 9.80 Å². The fourth-order valence-corrected chi connectivity index (χ4v) is 5.02. The van der Waals surface area contributed by atoms with Gasteiger partial charge in [-0.15, -0.1) is 0 Å². The number of hydrogen-bond donors (Lipinski definition) is 1. The SMILES string of the molecule is COC(=O)N(C1c2ccccc2-c2ccccc21)[C@H](C(=O)O)[C@@H]1CN(C(=O)OC(C)(C)C)C(C)(C)O1. The molecule has 0 bridgehead atoms. The Balaban J connectivity index is 1.77. The van der Waals surface area contributed by atoms with E-state index in [0.29, 0.717) is 0 Å². The van der Waals surface area contributed by atoms with E-state index in [0.717, 1.165) is 22.3 Å². The Morgan fingerprint density at radius 2 is 1.58 bits per heavy atom. The molecule has 9 nitrogen and oxygen atoms in total. The van der Waals surface area contributed by atoms with Crippen LogP contribution in [-0.2, 0) is 19.0 Å². The fraction of sp³-hybridized carbons (Fsp3) is 0.444. The van der Waals surface area contributed by atoms with Crippen LogP contribution in [0.2, 0.25) is 0 Å². The maximum atomic E-state index is 13.3. The van der Waals surface area contributed by atoms with Crippen molar-refractivity contribution in [1.82, 2.24) is 9.80 Å². The molecule has 2 aromatic carbocycles. The van der Waals surface area contributed by atoms with Crippen molar-refractivity contribution in [2.24, 2.45) is 0 Å². The van der Waals surface area contributed by atoms with E-state index < -0.39 is 47.7 Å². The van der Waals surface area contributed by atoms with Crippen LogP contribution in [0.25, 0.3) is 11.1 Å². The minimum atomic E-state index is -1.45. The summed E-state index contributed by atoms with van der Waals surface area (Å²) >= 11 is 0. The summed E-state index contributed by atoms with van der Waals surface area (Å²) in [6.07, 6.45) is -2.47. The fourth-order valence-electron chi connectivity index (χ4n) is 5.02. The van der Waals surface area contributed by atoms with Crippen molar-refractivity contribution < 1.29 is 33.7 Å². The Hall–Kier alpha value is -3.59. The number of carbonyl (C=O) groups excluding carboxylic acids is 2. The summed E-state index contributed by atoms with van der Waals surface area (Å²) in [6, 6.07) is 13.0. The number of carboxylic acids is 1. The molecule has 0 spiro atoms. The molecule has 0 radical (unpaired) electrons. The topological polar surface area (TPSA) is 106 Å². The lowest BCUT2D eigenvalue weighted by Gasteiger charge is -2.36. The van der Waals surface area contributed by atoms with Gasteiger partial charge in [0, 0.05) is 0 Å². The lowest BCUT2D eigenvalue weighted by atomic mass is 9.99. The zero-order chi connectivity index (χ0) is 26.4. The van der Waals surface area contributed by atoms with Gasteiger partial charge in [0.2, 0.25) is 0 Å². The number of rotatable bonds is 4. The first kappa shape index (κ1) is 25.5. The second-order valence-corrected chi connectivity index (χ2v) is 10.4. The molecule has 1 heterocycles. The Kier molecular flexibility index (Phi) is 6.47. The number of carboxylic acid groups (broad SMARTS) is 1. The highest BCUT2D eigenvalue weighted by molar-refractivity contribution is 5.85. The van der Waals surface area contributed by atoms with E-state index >= 15 is 0 Å². The quantitative estimate of drug-likeness (QED) is 0.657. The highest BCUT2D eigenvalue weighted by Gasteiger charge is 2.53. The summed E-state index contributed by atoms with van der Waals surface area (Å²) in [5, 5.41) is 10.4. The molecule has 0 saturated carbocycles. The van der Waals surface area contributed by atoms with Crippen molar-refractivity contribution in [3.8, 4) is 11.1 Å². The van der Waals surface area contributed by atoms with Crippen molar-refractivity contribution in [3.63, 3.8) is 0 Å². The first-order valence-corrected chi connectivity index (χ1v) is 11.8. The summed E-state index contributed by atoms with van der Waals surface area (Å²) in [7, 11) is 1.22. The molecule has 2 atom stereocenters. The third-order valence-electron chi connectivity index (χ3n) is 6.44. The van der Waals surface area contributed by atoms with Gasteiger partial charge in [0.05, 0.1) is 19.7 Å². The predicted molar refractivity (Wildman–Crippen MR) is 131 cm³/mol. The van der Waals surface area contributed by atoms with Crippen LogP contribution < -0.4 is 0 Å². The number of carbonyl (C=O) groups is 3. The second-order valence-electron chi connectivity index (χ2n) is 10.4. The van der Waals surface area contributed by atoms with Crippen LogP contribution in [0.1, 0.15) is 51.8 Å². The van der Waals surface area contributed by atoms with Crippen molar-refractivity contribution in [3.05, 3.63) is 59.7 Å². The maximum absolute atomic E-state index is 13.3. The summed E-state index contributed by atoms with van der Waals surface area (Å²) in [5.74, 6) is -1.27. The van der Waals surface area contributed by atoms with Crippen LogP contribution in [0.4, 0.5) is 9.59 Å². The minimum absolute atomic E-state index is 0.0810. The van der Waals surface area contributed by atoms with Gasteiger partial charge < -0.3 is 19.3 Å². The lowest BCUT2D eigenvalue weighted by molar-refractivity contribution is -0.152. The number of nitrogens with zero attached hydrogens (tertiary/aromatic N) is 2. The Labute approximate surface area is 210 Å². The molecule has 1 saturated heterocycles. The molecule has 0 aromatic heterocycles. The van der Waals surface area contributed by atoms with Crippen LogP contribution in [-0.4, -0.2) is 70.2 Å². The van der Waals surface area contributed by atoms with E-state index in [-0.39, 0.29) is 6.54 Å². The normalized spacial score (nSPS) is 19.3. The molecule has 1 N–H and O–H groups in total. The van der Waals surface area contributed by atoms with Gasteiger partial charge in [0.15, 0.2) is 6.04 Å². The van der Waals surface area contributed by atoms with Crippen molar-refractivity contribution in [1.29, 1.82) is 0 Å². The number of methoxy groups -OCH3 is 1. The second kappa shape index (κ2) is 9.13. The molecular formula is C27H32N2O7. The largest absolute Gasteiger partial charge is 0.480 e. The minimum Gasteiger partial charge on any atom is -0.480 e. The van der Waals surface area contributed by atoms with Gasteiger partial charge >= 0.3 is 18.2 Å². The van der Waals surface area contributed by atoms with Gasteiger partial charge in [-0.2, -0.15) is 0 Å². The monoisotopic (exact) mass is 496 g/mol. The number of aliphatic carboxylic acids is 1. The highest BCUT2D eigenvalue weighted by atomic mass is 16.6. The molecule has 192 valence electrons. The van der Waals surface area contributed by atoms with Gasteiger partial charge in [-0.05, 0) is 56.9 Å². The average molecular weight is 497 g/mol. The number of fused-ring (bicyclic) bond motifs is 3. The molecular weight excluding hydrogens is 464 g/mol. The first-order chi connectivity index (χ1) is 16.9. The van der Waals surface area contributed by atoms with Crippen LogP contribution in [0.3, 0.4) is 0 Å². The Bertz CT molecular complexity index is 1140.